The number of fused-ring (bicyclic) bond motifs is 1. The number of rotatable bonds is 5. The number of hydrogen-bond donors (Lipinski definition) is 1. The van der Waals surface area contributed by atoms with Crippen molar-refractivity contribution in [2.75, 3.05) is 13.1 Å². The largest absolute Gasteiger partial charge is 0.472 e. The van der Waals surface area contributed by atoms with Gasteiger partial charge in [-0.3, -0.25) is 14.4 Å². The molecule has 0 radical (unpaired) electrons. The predicted molar refractivity (Wildman–Crippen MR) is 79.8 cm³/mol. The molecule has 1 amide bonds. The van der Waals surface area contributed by atoms with Crippen LogP contribution >= 0.6 is 0 Å². The van der Waals surface area contributed by atoms with Crippen molar-refractivity contribution >= 4 is 5.91 Å². The minimum absolute atomic E-state index is 0.0775. The number of aromatic nitrogens is 2. The number of amides is 1. The minimum Gasteiger partial charge on any atom is -0.472 e. The maximum Gasteiger partial charge on any atom is 0.246 e. The number of hydrogen-bond acceptors (Lipinski definition) is 4. The van der Waals surface area contributed by atoms with Gasteiger partial charge in [0.05, 0.1) is 18.2 Å². The Hall–Kier alpha value is -2.08. The summed E-state index contributed by atoms with van der Waals surface area (Å²) in [4.78, 5) is 14.8. The maximum atomic E-state index is 12.5. The van der Waals surface area contributed by atoms with Gasteiger partial charge in [-0.1, -0.05) is 0 Å². The highest BCUT2D eigenvalue weighted by molar-refractivity contribution is 5.80. The van der Waals surface area contributed by atoms with Crippen molar-refractivity contribution in [1.82, 2.24) is 20.0 Å². The van der Waals surface area contributed by atoms with Gasteiger partial charge in [0.15, 0.2) is 0 Å². The third-order valence-electron chi connectivity index (χ3n) is 4.42. The molecule has 1 atom stereocenters. The molecule has 1 saturated carbocycles. The van der Waals surface area contributed by atoms with Crippen LogP contribution < -0.4 is 5.32 Å². The first kappa shape index (κ1) is 13.6. The second kappa shape index (κ2) is 5.61. The summed E-state index contributed by atoms with van der Waals surface area (Å²) in [6, 6.07) is 3.71. The number of nitrogens with one attached hydrogen (secondary N) is 1. The molecular weight excluding hydrogens is 280 g/mol. The minimum atomic E-state index is -0.246. The van der Waals surface area contributed by atoms with E-state index in [0.29, 0.717) is 12.5 Å². The third kappa shape index (κ3) is 2.78. The molecule has 0 aromatic carbocycles. The van der Waals surface area contributed by atoms with Crippen LogP contribution in [0.15, 0.2) is 35.3 Å². The summed E-state index contributed by atoms with van der Waals surface area (Å²) >= 11 is 0. The van der Waals surface area contributed by atoms with Crippen molar-refractivity contribution in [2.45, 2.75) is 32.0 Å². The summed E-state index contributed by atoms with van der Waals surface area (Å²) in [5.41, 5.74) is 2.21. The van der Waals surface area contributed by atoms with Crippen LogP contribution in [0.5, 0.6) is 0 Å². The number of carbonyl (C=O) groups is 1. The van der Waals surface area contributed by atoms with E-state index in [4.69, 9.17) is 4.42 Å². The van der Waals surface area contributed by atoms with Gasteiger partial charge in [-0.25, -0.2) is 0 Å². The van der Waals surface area contributed by atoms with Crippen molar-refractivity contribution in [2.24, 2.45) is 5.92 Å². The molecule has 0 saturated heterocycles. The Bertz CT molecular complexity index is 645. The van der Waals surface area contributed by atoms with Crippen molar-refractivity contribution in [1.29, 1.82) is 0 Å². The molecule has 1 aliphatic carbocycles. The van der Waals surface area contributed by atoms with Crippen LogP contribution in [0, 0.1) is 5.92 Å². The number of carbonyl (C=O) groups excluding carboxylic acids is 1. The Kier molecular flexibility index (Phi) is 3.46. The van der Waals surface area contributed by atoms with E-state index < -0.39 is 0 Å². The van der Waals surface area contributed by atoms with Gasteiger partial charge in [-0.05, 0) is 30.9 Å². The van der Waals surface area contributed by atoms with Gasteiger partial charge < -0.3 is 9.73 Å². The van der Waals surface area contributed by atoms with Crippen LogP contribution in [0.2, 0.25) is 0 Å². The van der Waals surface area contributed by atoms with E-state index in [2.05, 4.69) is 15.3 Å². The molecule has 1 fully saturated rings. The van der Waals surface area contributed by atoms with Gasteiger partial charge in [-0.15, -0.1) is 0 Å². The van der Waals surface area contributed by atoms with E-state index >= 15 is 0 Å². The topological polar surface area (TPSA) is 63.3 Å². The molecule has 6 heteroatoms. The summed E-state index contributed by atoms with van der Waals surface area (Å²) in [7, 11) is 0. The number of nitrogens with zero attached hydrogens (tertiary/aromatic N) is 3. The molecule has 1 aliphatic heterocycles. The fourth-order valence-electron chi connectivity index (χ4n) is 3.00. The SMILES string of the molecule is O=C(NCC1CC1)C1CN(Cc2ccoc2)Cc2ccnn21. The first-order valence-corrected chi connectivity index (χ1v) is 7.83. The van der Waals surface area contributed by atoms with Gasteiger partial charge in [0.1, 0.15) is 6.04 Å². The monoisotopic (exact) mass is 300 g/mol. The van der Waals surface area contributed by atoms with Crippen LogP contribution in [-0.4, -0.2) is 33.7 Å². The predicted octanol–water partition coefficient (Wildman–Crippen LogP) is 1.56. The van der Waals surface area contributed by atoms with Gasteiger partial charge in [-0.2, -0.15) is 5.10 Å². The fraction of sp³-hybridized carbons (Fsp3) is 0.500. The normalized spacial score (nSPS) is 21.5. The van der Waals surface area contributed by atoms with Crippen LogP contribution in [0.25, 0.3) is 0 Å². The van der Waals surface area contributed by atoms with E-state index in [1.54, 1.807) is 18.7 Å². The molecule has 22 heavy (non-hydrogen) atoms. The van der Waals surface area contributed by atoms with Gasteiger partial charge >= 0.3 is 0 Å². The van der Waals surface area contributed by atoms with Crippen LogP contribution in [0.4, 0.5) is 0 Å². The Morgan fingerprint density at radius 2 is 2.32 bits per heavy atom. The molecule has 6 nitrogen and oxygen atoms in total. The van der Waals surface area contributed by atoms with Crippen LogP contribution in [-0.2, 0) is 17.9 Å². The lowest BCUT2D eigenvalue weighted by Gasteiger charge is -2.32. The second-order valence-electron chi connectivity index (χ2n) is 6.27. The van der Waals surface area contributed by atoms with Gasteiger partial charge in [0.25, 0.3) is 0 Å². The zero-order valence-electron chi connectivity index (χ0n) is 12.4. The van der Waals surface area contributed by atoms with E-state index in [0.717, 1.165) is 30.9 Å². The van der Waals surface area contributed by atoms with Crippen molar-refractivity contribution in [3.8, 4) is 0 Å². The van der Waals surface area contributed by atoms with E-state index in [-0.39, 0.29) is 11.9 Å². The molecule has 0 bridgehead atoms. The van der Waals surface area contributed by atoms with Gasteiger partial charge in [0.2, 0.25) is 5.91 Å². The summed E-state index contributed by atoms with van der Waals surface area (Å²) in [6.07, 6.45) is 7.70. The highest BCUT2D eigenvalue weighted by Crippen LogP contribution is 2.28. The fourth-order valence-corrected chi connectivity index (χ4v) is 3.00. The Morgan fingerprint density at radius 3 is 3.09 bits per heavy atom. The van der Waals surface area contributed by atoms with Gasteiger partial charge in [0, 0.05) is 37.9 Å². The van der Waals surface area contributed by atoms with Crippen molar-refractivity contribution in [3.05, 3.63) is 42.1 Å². The zero-order chi connectivity index (χ0) is 14.9. The second-order valence-corrected chi connectivity index (χ2v) is 6.27. The number of furan rings is 1. The quantitative estimate of drug-likeness (QED) is 0.910. The highest BCUT2D eigenvalue weighted by atomic mass is 16.3. The summed E-state index contributed by atoms with van der Waals surface area (Å²) in [5.74, 6) is 0.764. The smallest absolute Gasteiger partial charge is 0.246 e. The molecule has 2 aliphatic rings. The standard InChI is InChI=1S/C16H20N4O2/c21-16(17-7-12-1-2-12)15-10-19(8-13-4-6-22-11-13)9-14-3-5-18-20(14)15/h3-6,11-12,15H,1-2,7-10H2,(H,17,21). The Morgan fingerprint density at radius 1 is 1.41 bits per heavy atom. The molecule has 2 aromatic heterocycles. The zero-order valence-corrected chi connectivity index (χ0v) is 12.4. The van der Waals surface area contributed by atoms with Crippen LogP contribution in [0.1, 0.15) is 30.1 Å². The summed E-state index contributed by atoms with van der Waals surface area (Å²) in [5, 5.41) is 7.42. The lowest BCUT2D eigenvalue weighted by atomic mass is 10.1. The highest BCUT2D eigenvalue weighted by Gasteiger charge is 2.32. The van der Waals surface area contributed by atoms with E-state index in [1.807, 2.05) is 16.8 Å². The lowest BCUT2D eigenvalue weighted by Crippen LogP contribution is -2.45. The maximum absolute atomic E-state index is 12.5. The molecule has 4 rings (SSSR count). The van der Waals surface area contributed by atoms with E-state index in [9.17, 15) is 4.79 Å². The summed E-state index contributed by atoms with van der Waals surface area (Å²) < 4.78 is 7.00. The van der Waals surface area contributed by atoms with Crippen LogP contribution in [0.3, 0.4) is 0 Å². The lowest BCUT2D eigenvalue weighted by molar-refractivity contribution is -0.126. The molecule has 116 valence electrons. The summed E-state index contributed by atoms with van der Waals surface area (Å²) in [6.45, 7) is 3.07. The Labute approximate surface area is 129 Å². The molecule has 1 unspecified atom stereocenters. The van der Waals surface area contributed by atoms with Crippen molar-refractivity contribution in [3.63, 3.8) is 0 Å². The van der Waals surface area contributed by atoms with Crippen molar-refractivity contribution < 1.29 is 9.21 Å². The molecule has 1 N–H and O–H groups in total. The molecule has 0 spiro atoms. The first-order valence-electron chi connectivity index (χ1n) is 7.83. The third-order valence-corrected chi connectivity index (χ3v) is 4.42. The average Bonchev–Trinajstić information content (AvgIpc) is 2.98. The molecular formula is C16H20N4O2. The Balaban J connectivity index is 1.48. The first-order chi connectivity index (χ1) is 10.8. The van der Waals surface area contributed by atoms with E-state index in [1.165, 1.54) is 12.8 Å². The molecule has 3 heterocycles. The molecule has 2 aromatic rings. The average molecular weight is 300 g/mol.